The number of urea groups is 1. The Morgan fingerprint density at radius 1 is 1.07 bits per heavy atom. The average Bonchev–Trinajstić information content (AvgIpc) is 3.45. The predicted octanol–water partition coefficient (Wildman–Crippen LogP) is 4.94. The first kappa shape index (κ1) is 31.5. The van der Waals surface area contributed by atoms with Crippen molar-refractivity contribution in [2.45, 2.75) is 32.4 Å². The quantitative estimate of drug-likeness (QED) is 0.235. The van der Waals surface area contributed by atoms with E-state index < -0.39 is 29.7 Å². The Morgan fingerprint density at radius 3 is 2.53 bits per heavy atom. The first-order chi connectivity index (χ1) is 21.6. The van der Waals surface area contributed by atoms with Gasteiger partial charge in [-0.05, 0) is 74.6 Å². The largest absolute Gasteiger partial charge is 0.492 e. The van der Waals surface area contributed by atoms with E-state index in [4.69, 9.17) is 4.74 Å². The molecule has 45 heavy (non-hydrogen) atoms. The third-order valence-corrected chi connectivity index (χ3v) is 7.92. The van der Waals surface area contributed by atoms with Gasteiger partial charge in [-0.25, -0.2) is 9.18 Å². The van der Waals surface area contributed by atoms with E-state index in [2.05, 4.69) is 15.6 Å². The lowest BCUT2D eigenvalue weighted by atomic mass is 9.92. The van der Waals surface area contributed by atoms with Gasteiger partial charge in [0.1, 0.15) is 24.2 Å². The van der Waals surface area contributed by atoms with Gasteiger partial charge in [-0.3, -0.25) is 9.59 Å². The van der Waals surface area contributed by atoms with Crippen LogP contribution in [0, 0.1) is 5.82 Å². The van der Waals surface area contributed by atoms with Crippen LogP contribution in [0.4, 0.5) is 20.6 Å². The number of carbonyl (C=O) groups excluding carboxylic acids is 3. The standard InChI is InChI=1S/C34H39FN6O4/c1-5-45-30-15-10-23(20-39(3)4)18-29(30)37-33(43)32(22(2)27-19-36-28-9-7-6-8-26(27)28)38-34(44)40-16-17-41(31(42)21-40)25-13-11-24(35)12-14-25/h6-15,18-19,22,32,36H,5,16-17,20-21H2,1-4H3,(H,37,43)(H,38,44). The molecule has 5 rings (SSSR count). The Balaban J connectivity index is 1.40. The lowest BCUT2D eigenvalue weighted by Gasteiger charge is -2.35. The lowest BCUT2D eigenvalue weighted by molar-refractivity contribution is -0.120. The fraction of sp³-hybridized carbons (Fsp3) is 0.324. The number of aromatic nitrogens is 1. The molecule has 4 amide bonds. The van der Waals surface area contributed by atoms with Crippen molar-refractivity contribution in [1.29, 1.82) is 0 Å². The zero-order valence-electron chi connectivity index (χ0n) is 26.0. The Kier molecular flexibility index (Phi) is 9.68. The van der Waals surface area contributed by atoms with Crippen LogP contribution in [0.2, 0.25) is 0 Å². The van der Waals surface area contributed by atoms with Crippen LogP contribution in [0.15, 0.2) is 72.9 Å². The van der Waals surface area contributed by atoms with E-state index >= 15 is 0 Å². The molecule has 3 aromatic carbocycles. The van der Waals surface area contributed by atoms with Crippen LogP contribution < -0.4 is 20.3 Å². The van der Waals surface area contributed by atoms with Gasteiger partial charge in [0.2, 0.25) is 11.8 Å². The van der Waals surface area contributed by atoms with Gasteiger partial charge in [-0.1, -0.05) is 31.2 Å². The number of nitrogens with one attached hydrogen (secondary N) is 3. The maximum atomic E-state index is 14.1. The van der Waals surface area contributed by atoms with Crippen molar-refractivity contribution in [2.24, 2.45) is 0 Å². The molecule has 0 radical (unpaired) electrons. The Labute approximate surface area is 262 Å². The number of fused-ring (bicyclic) bond motifs is 1. The normalized spacial score (nSPS) is 14.8. The van der Waals surface area contributed by atoms with E-state index in [0.717, 1.165) is 22.0 Å². The number of aromatic amines is 1. The second-order valence-corrected chi connectivity index (χ2v) is 11.4. The monoisotopic (exact) mass is 614 g/mol. The van der Waals surface area contributed by atoms with Crippen molar-refractivity contribution in [3.05, 3.63) is 89.9 Å². The first-order valence-electron chi connectivity index (χ1n) is 15.0. The molecule has 4 aromatic rings. The molecule has 2 unspecified atom stereocenters. The molecule has 0 aliphatic carbocycles. The minimum atomic E-state index is -0.992. The maximum Gasteiger partial charge on any atom is 0.318 e. The van der Waals surface area contributed by atoms with Crippen LogP contribution in [-0.2, 0) is 16.1 Å². The second kappa shape index (κ2) is 13.8. The number of carbonyl (C=O) groups is 3. The molecule has 0 bridgehead atoms. The number of halogens is 1. The summed E-state index contributed by atoms with van der Waals surface area (Å²) < 4.78 is 19.2. The SMILES string of the molecule is CCOc1ccc(CN(C)C)cc1NC(=O)C(NC(=O)N1CCN(c2ccc(F)cc2)C(=O)C1)C(C)c1c[nH]c2ccccc12. The zero-order valence-corrected chi connectivity index (χ0v) is 26.0. The summed E-state index contributed by atoms with van der Waals surface area (Å²) in [5.74, 6) is -1.02. The van der Waals surface area contributed by atoms with Crippen molar-refractivity contribution >= 4 is 40.1 Å². The second-order valence-electron chi connectivity index (χ2n) is 11.4. The minimum Gasteiger partial charge on any atom is -0.492 e. The van der Waals surface area contributed by atoms with Gasteiger partial charge >= 0.3 is 6.03 Å². The highest BCUT2D eigenvalue weighted by atomic mass is 19.1. The summed E-state index contributed by atoms with van der Waals surface area (Å²) >= 11 is 0. The third kappa shape index (κ3) is 7.26. The highest BCUT2D eigenvalue weighted by Crippen LogP contribution is 2.31. The Bertz CT molecular complexity index is 1670. The fourth-order valence-electron chi connectivity index (χ4n) is 5.66. The Hall–Kier alpha value is -4.90. The molecule has 10 nitrogen and oxygen atoms in total. The number of anilines is 2. The smallest absolute Gasteiger partial charge is 0.318 e. The van der Waals surface area contributed by atoms with Crippen LogP contribution in [0.25, 0.3) is 10.9 Å². The van der Waals surface area contributed by atoms with Crippen molar-refractivity contribution < 1.29 is 23.5 Å². The van der Waals surface area contributed by atoms with E-state index in [-0.39, 0.29) is 25.5 Å². The van der Waals surface area contributed by atoms with Crippen LogP contribution in [0.1, 0.15) is 30.9 Å². The molecule has 236 valence electrons. The summed E-state index contributed by atoms with van der Waals surface area (Å²) in [6.07, 6.45) is 1.86. The van der Waals surface area contributed by atoms with E-state index in [0.29, 0.717) is 30.3 Å². The van der Waals surface area contributed by atoms with Crippen molar-refractivity contribution in [1.82, 2.24) is 20.1 Å². The zero-order chi connectivity index (χ0) is 32.1. The van der Waals surface area contributed by atoms with Crippen LogP contribution in [-0.4, -0.2) is 79.0 Å². The number of hydrogen-bond acceptors (Lipinski definition) is 5. The highest BCUT2D eigenvalue weighted by molar-refractivity contribution is 6.01. The number of H-pyrrole nitrogens is 1. The molecule has 3 N–H and O–H groups in total. The first-order valence-corrected chi connectivity index (χ1v) is 15.0. The highest BCUT2D eigenvalue weighted by Gasteiger charge is 2.34. The maximum absolute atomic E-state index is 14.1. The minimum absolute atomic E-state index is 0.180. The fourth-order valence-corrected chi connectivity index (χ4v) is 5.66. The van der Waals surface area contributed by atoms with Crippen molar-refractivity contribution in [3.63, 3.8) is 0 Å². The summed E-state index contributed by atoms with van der Waals surface area (Å²) in [5.41, 5.74) is 3.85. The number of amides is 4. The van der Waals surface area contributed by atoms with Gasteiger partial charge in [-0.2, -0.15) is 0 Å². The summed E-state index contributed by atoms with van der Waals surface area (Å²) in [4.78, 5) is 49.0. The van der Waals surface area contributed by atoms with Crippen molar-refractivity contribution in [2.75, 3.05) is 50.6 Å². The molecule has 1 saturated heterocycles. The number of hydrogen-bond donors (Lipinski definition) is 3. The molecule has 0 saturated carbocycles. The summed E-state index contributed by atoms with van der Waals surface area (Å²) in [7, 11) is 3.93. The number of para-hydroxylation sites is 1. The summed E-state index contributed by atoms with van der Waals surface area (Å²) in [5, 5.41) is 6.90. The van der Waals surface area contributed by atoms with Crippen LogP contribution in [0.3, 0.4) is 0 Å². The number of benzene rings is 3. The molecular weight excluding hydrogens is 575 g/mol. The number of ether oxygens (including phenoxy) is 1. The summed E-state index contributed by atoms with van der Waals surface area (Å²) in [6.45, 7) is 5.15. The molecule has 1 aliphatic rings. The molecule has 2 heterocycles. The number of rotatable bonds is 10. The van der Waals surface area contributed by atoms with E-state index in [1.165, 1.54) is 34.1 Å². The molecule has 1 aliphatic heterocycles. The molecule has 2 atom stereocenters. The molecule has 1 fully saturated rings. The van der Waals surface area contributed by atoms with E-state index in [1.807, 2.05) is 81.5 Å². The van der Waals surface area contributed by atoms with Gasteiger partial charge < -0.3 is 35.1 Å². The number of piperazine rings is 1. The van der Waals surface area contributed by atoms with Crippen LogP contribution in [0.5, 0.6) is 5.75 Å². The summed E-state index contributed by atoms with van der Waals surface area (Å²) in [6, 6.07) is 17.6. The molecule has 1 aromatic heterocycles. The topological polar surface area (TPSA) is 110 Å². The van der Waals surface area contributed by atoms with Gasteiger partial charge in [-0.15, -0.1) is 0 Å². The van der Waals surface area contributed by atoms with Gasteiger partial charge in [0.15, 0.2) is 0 Å². The lowest BCUT2D eigenvalue weighted by Crippen LogP contribution is -2.58. The molecule has 11 heteroatoms. The average molecular weight is 615 g/mol. The van der Waals surface area contributed by atoms with Gasteiger partial charge in [0.05, 0.1) is 12.3 Å². The van der Waals surface area contributed by atoms with Gasteiger partial charge in [0, 0.05) is 48.3 Å². The predicted molar refractivity (Wildman–Crippen MR) is 173 cm³/mol. The van der Waals surface area contributed by atoms with E-state index in [1.54, 1.807) is 0 Å². The van der Waals surface area contributed by atoms with Crippen molar-refractivity contribution in [3.8, 4) is 5.75 Å². The van der Waals surface area contributed by atoms with Crippen LogP contribution >= 0.6 is 0 Å². The third-order valence-electron chi connectivity index (χ3n) is 7.92. The number of nitrogens with zero attached hydrogens (tertiary/aromatic N) is 3. The Morgan fingerprint density at radius 2 is 1.82 bits per heavy atom. The van der Waals surface area contributed by atoms with Gasteiger partial charge in [0.25, 0.3) is 0 Å². The molecule has 0 spiro atoms. The molecular formula is C34H39FN6O4. The van der Waals surface area contributed by atoms with E-state index in [9.17, 15) is 18.8 Å².